The van der Waals surface area contributed by atoms with Gasteiger partial charge >= 0.3 is 6.18 Å². The van der Waals surface area contributed by atoms with Crippen molar-refractivity contribution >= 4 is 35.8 Å². The van der Waals surface area contributed by atoms with Gasteiger partial charge in [-0.25, -0.2) is 4.39 Å². The Hall–Kier alpha value is -2.37. The first-order valence-corrected chi connectivity index (χ1v) is 8.85. The highest BCUT2D eigenvalue weighted by Gasteiger charge is 2.33. The first-order valence-electron chi connectivity index (χ1n) is 8.85. The summed E-state index contributed by atoms with van der Waals surface area (Å²) in [4.78, 5) is 16.0. The van der Waals surface area contributed by atoms with Crippen molar-refractivity contribution in [2.24, 2.45) is 4.99 Å². The van der Waals surface area contributed by atoms with Gasteiger partial charge in [0.2, 0.25) is 0 Å². The monoisotopic (exact) mass is 538 g/mol. The van der Waals surface area contributed by atoms with Gasteiger partial charge in [0.25, 0.3) is 5.91 Å². The number of alkyl halides is 3. The van der Waals surface area contributed by atoms with E-state index in [1.165, 1.54) is 7.05 Å². The Labute approximate surface area is 189 Å². The van der Waals surface area contributed by atoms with Crippen LogP contribution in [0.4, 0.5) is 17.6 Å². The molecule has 0 saturated carbocycles. The minimum Gasteiger partial charge on any atom is -0.355 e. The summed E-state index contributed by atoms with van der Waals surface area (Å²) < 4.78 is 52.3. The van der Waals surface area contributed by atoms with Crippen LogP contribution in [0.3, 0.4) is 0 Å². The van der Waals surface area contributed by atoms with Crippen molar-refractivity contribution in [3.8, 4) is 0 Å². The lowest BCUT2D eigenvalue weighted by Gasteiger charge is -2.16. The lowest BCUT2D eigenvalue weighted by atomic mass is 10.1. The molecule has 30 heavy (non-hydrogen) atoms. The third-order valence-electron chi connectivity index (χ3n) is 4.03. The van der Waals surface area contributed by atoms with Gasteiger partial charge in [0.15, 0.2) is 5.96 Å². The van der Waals surface area contributed by atoms with Crippen molar-refractivity contribution in [3.05, 3.63) is 70.5 Å². The summed E-state index contributed by atoms with van der Waals surface area (Å²) in [5.74, 6) is -0.917. The zero-order chi connectivity index (χ0) is 21.4. The van der Waals surface area contributed by atoms with Gasteiger partial charge in [-0.15, -0.1) is 24.0 Å². The van der Waals surface area contributed by atoms with Gasteiger partial charge in [-0.2, -0.15) is 13.2 Å². The summed E-state index contributed by atoms with van der Waals surface area (Å²) in [7, 11) is 1.47. The molecular formula is C20H23F4IN4O. The smallest absolute Gasteiger partial charge is 0.355 e. The molecular weight excluding hydrogens is 515 g/mol. The number of hydrogen-bond donors (Lipinski definition) is 3. The van der Waals surface area contributed by atoms with Gasteiger partial charge in [-0.05, 0) is 36.8 Å². The number of halogens is 5. The van der Waals surface area contributed by atoms with E-state index in [0.717, 1.165) is 17.7 Å². The van der Waals surface area contributed by atoms with Crippen LogP contribution in [0.15, 0.2) is 47.5 Å². The zero-order valence-electron chi connectivity index (χ0n) is 16.4. The average molecular weight is 538 g/mol. The van der Waals surface area contributed by atoms with Crippen LogP contribution >= 0.6 is 24.0 Å². The Morgan fingerprint density at radius 1 is 1.03 bits per heavy atom. The highest BCUT2D eigenvalue weighted by atomic mass is 127. The third kappa shape index (κ3) is 7.81. The van der Waals surface area contributed by atoms with Crippen LogP contribution in [0, 0.1) is 12.7 Å². The Morgan fingerprint density at radius 2 is 1.73 bits per heavy atom. The van der Waals surface area contributed by atoms with E-state index in [1.807, 2.05) is 13.0 Å². The second-order valence-corrected chi connectivity index (χ2v) is 6.28. The molecule has 0 aromatic heterocycles. The number of hydrogen-bond acceptors (Lipinski definition) is 2. The molecule has 5 nitrogen and oxygen atoms in total. The van der Waals surface area contributed by atoms with Crippen LogP contribution in [-0.4, -0.2) is 32.0 Å². The lowest BCUT2D eigenvalue weighted by molar-refractivity contribution is -0.138. The lowest BCUT2D eigenvalue weighted by Crippen LogP contribution is -2.41. The molecule has 0 radical (unpaired) electrons. The number of aliphatic imine (C=N–C) groups is 1. The number of carbonyl (C=O) groups is 1. The molecule has 3 N–H and O–H groups in total. The maximum absolute atomic E-state index is 13.2. The highest BCUT2D eigenvalue weighted by Crippen LogP contribution is 2.32. The summed E-state index contributed by atoms with van der Waals surface area (Å²) in [6, 6.07) is 9.68. The molecule has 10 heteroatoms. The van der Waals surface area contributed by atoms with Gasteiger partial charge < -0.3 is 16.0 Å². The Kier molecular flexibility index (Phi) is 10.0. The maximum atomic E-state index is 13.2. The third-order valence-corrected chi connectivity index (χ3v) is 4.03. The molecule has 2 rings (SSSR count). The van der Waals surface area contributed by atoms with Crippen LogP contribution < -0.4 is 16.0 Å². The molecule has 0 fully saturated rings. The predicted octanol–water partition coefficient (Wildman–Crippen LogP) is 3.87. The van der Waals surface area contributed by atoms with E-state index in [4.69, 9.17) is 0 Å². The molecule has 0 saturated heterocycles. The number of nitrogens with one attached hydrogen (secondary N) is 3. The van der Waals surface area contributed by atoms with E-state index in [0.29, 0.717) is 18.2 Å². The summed E-state index contributed by atoms with van der Waals surface area (Å²) in [6.07, 6.45) is -4.66. The standard InChI is InChI=1S/C20H22F4N4O.HI/c1-13-4-3-5-14(10-13)18(29)26-8-9-27-19(25-2)28-12-15-6-7-16(21)11-17(15)20(22,23)24;/h3-7,10-11H,8-9,12H2,1-2H3,(H,26,29)(H2,25,27,28);1H. The van der Waals surface area contributed by atoms with E-state index in [9.17, 15) is 22.4 Å². The summed E-state index contributed by atoms with van der Waals surface area (Å²) in [5.41, 5.74) is 0.378. The molecule has 0 heterocycles. The Bertz CT molecular complexity index is 887. The van der Waals surface area contributed by atoms with E-state index < -0.39 is 17.6 Å². The molecule has 0 aliphatic rings. The number of benzene rings is 2. The first kappa shape index (κ1) is 25.7. The first-order chi connectivity index (χ1) is 13.7. The summed E-state index contributed by atoms with van der Waals surface area (Å²) in [5, 5.41) is 8.39. The number of carbonyl (C=O) groups excluding carboxylic acids is 1. The minimum absolute atomic E-state index is 0. The molecule has 0 bridgehead atoms. The molecule has 0 aliphatic carbocycles. The van der Waals surface area contributed by atoms with Crippen LogP contribution in [-0.2, 0) is 12.7 Å². The molecule has 0 atom stereocenters. The molecule has 164 valence electrons. The van der Waals surface area contributed by atoms with E-state index in [1.54, 1.807) is 18.2 Å². The fraction of sp³-hybridized carbons (Fsp3) is 0.300. The normalized spacial score (nSPS) is 11.5. The average Bonchev–Trinajstić information content (AvgIpc) is 2.67. The van der Waals surface area contributed by atoms with E-state index in [-0.39, 0.29) is 54.5 Å². The second kappa shape index (κ2) is 11.7. The number of guanidine groups is 1. The van der Waals surface area contributed by atoms with Gasteiger partial charge in [-0.3, -0.25) is 9.79 Å². The Balaban J connectivity index is 0.00000450. The molecule has 2 aromatic rings. The number of aryl methyl sites for hydroxylation is 1. The molecule has 1 amide bonds. The topological polar surface area (TPSA) is 65.5 Å². The summed E-state index contributed by atoms with van der Waals surface area (Å²) in [6.45, 7) is 2.30. The molecule has 0 spiro atoms. The van der Waals surface area contributed by atoms with Gasteiger partial charge in [0, 0.05) is 32.2 Å². The minimum atomic E-state index is -4.66. The van der Waals surface area contributed by atoms with Crippen LogP contribution in [0.5, 0.6) is 0 Å². The fourth-order valence-electron chi connectivity index (χ4n) is 2.61. The predicted molar refractivity (Wildman–Crippen MR) is 119 cm³/mol. The fourth-order valence-corrected chi connectivity index (χ4v) is 2.61. The van der Waals surface area contributed by atoms with Crippen LogP contribution in [0.2, 0.25) is 0 Å². The van der Waals surface area contributed by atoms with Crippen molar-refractivity contribution < 1.29 is 22.4 Å². The van der Waals surface area contributed by atoms with Gasteiger partial charge in [0.1, 0.15) is 5.82 Å². The Morgan fingerprint density at radius 3 is 2.37 bits per heavy atom. The van der Waals surface area contributed by atoms with Crippen molar-refractivity contribution in [2.45, 2.75) is 19.6 Å². The quantitative estimate of drug-likeness (QED) is 0.172. The van der Waals surface area contributed by atoms with Crippen molar-refractivity contribution in [1.82, 2.24) is 16.0 Å². The number of rotatable bonds is 6. The number of nitrogens with zero attached hydrogens (tertiary/aromatic N) is 1. The maximum Gasteiger partial charge on any atom is 0.416 e. The SMILES string of the molecule is CN=C(NCCNC(=O)c1cccc(C)c1)NCc1ccc(F)cc1C(F)(F)F.I. The van der Waals surface area contributed by atoms with Crippen LogP contribution in [0.25, 0.3) is 0 Å². The molecule has 2 aromatic carbocycles. The zero-order valence-corrected chi connectivity index (χ0v) is 18.8. The summed E-state index contributed by atoms with van der Waals surface area (Å²) >= 11 is 0. The molecule has 0 aliphatic heterocycles. The van der Waals surface area contributed by atoms with Crippen molar-refractivity contribution in [1.29, 1.82) is 0 Å². The van der Waals surface area contributed by atoms with Crippen molar-refractivity contribution in [2.75, 3.05) is 20.1 Å². The van der Waals surface area contributed by atoms with E-state index >= 15 is 0 Å². The molecule has 0 unspecified atom stereocenters. The van der Waals surface area contributed by atoms with E-state index in [2.05, 4.69) is 20.9 Å². The van der Waals surface area contributed by atoms with Gasteiger partial charge in [-0.1, -0.05) is 23.8 Å². The largest absolute Gasteiger partial charge is 0.416 e. The van der Waals surface area contributed by atoms with Crippen LogP contribution in [0.1, 0.15) is 27.0 Å². The number of amides is 1. The van der Waals surface area contributed by atoms with Crippen molar-refractivity contribution in [3.63, 3.8) is 0 Å². The second-order valence-electron chi connectivity index (χ2n) is 6.28. The highest BCUT2D eigenvalue weighted by molar-refractivity contribution is 14.0. The van der Waals surface area contributed by atoms with Gasteiger partial charge in [0.05, 0.1) is 5.56 Å².